The van der Waals surface area contributed by atoms with E-state index in [1.807, 2.05) is 18.7 Å². The van der Waals surface area contributed by atoms with Crippen LogP contribution in [0.5, 0.6) is 0 Å². The second-order valence-corrected chi connectivity index (χ2v) is 6.86. The van der Waals surface area contributed by atoms with Crippen LogP contribution < -0.4 is 0 Å². The van der Waals surface area contributed by atoms with E-state index in [1.54, 1.807) is 6.92 Å². The first-order chi connectivity index (χ1) is 7.85. The van der Waals surface area contributed by atoms with Gasteiger partial charge in [-0.05, 0) is 27.2 Å². The molecule has 0 N–H and O–H groups in total. The first-order valence-corrected chi connectivity index (χ1v) is 7.79. The molecule has 0 amide bonds. The average molecular weight is 263 g/mol. The van der Waals surface area contributed by atoms with Gasteiger partial charge in [0.15, 0.2) is 9.84 Å². The van der Waals surface area contributed by atoms with Crippen molar-refractivity contribution in [2.24, 2.45) is 0 Å². The number of sulfone groups is 1. The number of rotatable bonds is 5. The number of esters is 1. The largest absolute Gasteiger partial charge is 0.465 e. The standard InChI is InChI=1S/C11H21NO4S/c1-4-16-11(13)7-12(9(2)3)10-5-6-17(14,15)8-10/h9-10H,4-8H2,1-3H3. The number of carbonyl (C=O) groups excluding carboxylic acids is 1. The summed E-state index contributed by atoms with van der Waals surface area (Å²) in [4.78, 5) is 13.4. The molecule has 0 aromatic heterocycles. The summed E-state index contributed by atoms with van der Waals surface area (Å²) in [5.41, 5.74) is 0. The van der Waals surface area contributed by atoms with Gasteiger partial charge in [-0.15, -0.1) is 0 Å². The third kappa shape index (κ3) is 4.27. The maximum absolute atomic E-state index is 11.5. The van der Waals surface area contributed by atoms with Crippen LogP contribution in [0, 0.1) is 0 Å². The Balaban J connectivity index is 2.64. The molecule has 1 saturated heterocycles. The molecule has 0 aromatic carbocycles. The summed E-state index contributed by atoms with van der Waals surface area (Å²) in [6.45, 7) is 6.21. The lowest BCUT2D eigenvalue weighted by Crippen LogP contribution is -2.44. The van der Waals surface area contributed by atoms with E-state index >= 15 is 0 Å². The SMILES string of the molecule is CCOC(=O)CN(C(C)C)C1CCS(=O)(=O)C1. The van der Waals surface area contributed by atoms with Crippen LogP contribution >= 0.6 is 0 Å². The Kier molecular flexibility index (Phi) is 4.94. The minimum absolute atomic E-state index is 0.0515. The quantitative estimate of drug-likeness (QED) is 0.674. The van der Waals surface area contributed by atoms with Crippen LogP contribution in [0.1, 0.15) is 27.2 Å². The van der Waals surface area contributed by atoms with Gasteiger partial charge < -0.3 is 4.74 Å². The Morgan fingerprint density at radius 2 is 2.12 bits per heavy atom. The van der Waals surface area contributed by atoms with E-state index in [-0.39, 0.29) is 36.1 Å². The zero-order chi connectivity index (χ0) is 13.1. The van der Waals surface area contributed by atoms with Gasteiger partial charge in [-0.3, -0.25) is 9.69 Å². The fraction of sp³-hybridized carbons (Fsp3) is 0.909. The van der Waals surface area contributed by atoms with Gasteiger partial charge in [0.2, 0.25) is 0 Å². The topological polar surface area (TPSA) is 63.7 Å². The molecular formula is C11H21NO4S. The van der Waals surface area contributed by atoms with Crippen molar-refractivity contribution in [2.45, 2.75) is 39.3 Å². The molecule has 0 bridgehead atoms. The number of ether oxygens (including phenoxy) is 1. The van der Waals surface area contributed by atoms with E-state index in [4.69, 9.17) is 4.74 Å². The summed E-state index contributed by atoms with van der Waals surface area (Å²) >= 11 is 0. The smallest absolute Gasteiger partial charge is 0.320 e. The summed E-state index contributed by atoms with van der Waals surface area (Å²) in [6, 6.07) is 0.0853. The van der Waals surface area contributed by atoms with Crippen molar-refractivity contribution in [1.82, 2.24) is 4.90 Å². The van der Waals surface area contributed by atoms with Crippen LogP contribution in [0.4, 0.5) is 0 Å². The van der Waals surface area contributed by atoms with Crippen molar-refractivity contribution in [1.29, 1.82) is 0 Å². The van der Waals surface area contributed by atoms with E-state index in [0.29, 0.717) is 13.0 Å². The van der Waals surface area contributed by atoms with Crippen molar-refractivity contribution in [3.05, 3.63) is 0 Å². The number of carbonyl (C=O) groups is 1. The minimum Gasteiger partial charge on any atom is -0.465 e. The number of nitrogens with zero attached hydrogens (tertiary/aromatic N) is 1. The molecule has 0 aromatic rings. The molecular weight excluding hydrogens is 242 g/mol. The monoisotopic (exact) mass is 263 g/mol. The molecule has 6 heteroatoms. The van der Waals surface area contributed by atoms with Gasteiger partial charge in [-0.2, -0.15) is 0 Å². The number of hydrogen-bond acceptors (Lipinski definition) is 5. The Bertz CT molecular complexity index is 364. The van der Waals surface area contributed by atoms with Gasteiger partial charge >= 0.3 is 5.97 Å². The predicted molar refractivity (Wildman–Crippen MR) is 65.5 cm³/mol. The molecule has 1 aliphatic heterocycles. The van der Waals surface area contributed by atoms with E-state index in [2.05, 4.69) is 0 Å². The molecule has 1 atom stereocenters. The molecule has 1 fully saturated rings. The van der Waals surface area contributed by atoms with Crippen LogP contribution in [-0.2, 0) is 19.4 Å². The van der Waals surface area contributed by atoms with Gasteiger partial charge in [0.1, 0.15) is 0 Å². The zero-order valence-electron chi connectivity index (χ0n) is 10.7. The summed E-state index contributed by atoms with van der Waals surface area (Å²) in [5.74, 6) is 0.0967. The average Bonchev–Trinajstić information content (AvgIpc) is 2.55. The third-order valence-corrected chi connectivity index (χ3v) is 4.71. The third-order valence-electron chi connectivity index (χ3n) is 2.96. The highest BCUT2D eigenvalue weighted by Gasteiger charge is 2.34. The molecule has 0 saturated carbocycles. The van der Waals surface area contributed by atoms with Crippen molar-refractivity contribution in [3.8, 4) is 0 Å². The van der Waals surface area contributed by atoms with Gasteiger partial charge in [-0.1, -0.05) is 0 Å². The summed E-state index contributed by atoms with van der Waals surface area (Å²) < 4.78 is 27.8. The zero-order valence-corrected chi connectivity index (χ0v) is 11.5. The van der Waals surface area contributed by atoms with Crippen LogP contribution in [0.25, 0.3) is 0 Å². The molecule has 0 aliphatic carbocycles. The Hall–Kier alpha value is -0.620. The predicted octanol–water partition coefficient (Wildman–Crippen LogP) is 0.447. The maximum Gasteiger partial charge on any atom is 0.320 e. The lowest BCUT2D eigenvalue weighted by molar-refractivity contribution is -0.145. The highest BCUT2D eigenvalue weighted by molar-refractivity contribution is 7.91. The van der Waals surface area contributed by atoms with Crippen LogP contribution in [-0.4, -0.2) is 56.0 Å². The Morgan fingerprint density at radius 1 is 1.47 bits per heavy atom. The highest BCUT2D eigenvalue weighted by atomic mass is 32.2. The van der Waals surface area contributed by atoms with Gasteiger partial charge in [0.25, 0.3) is 0 Å². The van der Waals surface area contributed by atoms with Crippen LogP contribution in [0.2, 0.25) is 0 Å². The van der Waals surface area contributed by atoms with Crippen LogP contribution in [0.3, 0.4) is 0 Å². The van der Waals surface area contributed by atoms with Crippen molar-refractivity contribution >= 4 is 15.8 Å². The molecule has 5 nitrogen and oxygen atoms in total. The fourth-order valence-corrected chi connectivity index (χ4v) is 3.87. The maximum atomic E-state index is 11.5. The van der Waals surface area contributed by atoms with Gasteiger partial charge in [0, 0.05) is 12.1 Å². The van der Waals surface area contributed by atoms with Gasteiger partial charge in [-0.25, -0.2) is 8.42 Å². The van der Waals surface area contributed by atoms with E-state index in [9.17, 15) is 13.2 Å². The minimum atomic E-state index is -2.92. The number of hydrogen-bond donors (Lipinski definition) is 0. The fourth-order valence-electron chi connectivity index (χ4n) is 2.13. The molecule has 1 unspecified atom stereocenters. The molecule has 0 spiro atoms. The molecule has 1 aliphatic rings. The summed E-state index contributed by atoms with van der Waals surface area (Å²) in [7, 11) is -2.92. The second kappa shape index (κ2) is 5.82. The lowest BCUT2D eigenvalue weighted by atomic mass is 10.2. The molecule has 0 radical (unpaired) electrons. The molecule has 17 heavy (non-hydrogen) atoms. The van der Waals surface area contributed by atoms with Crippen molar-refractivity contribution < 1.29 is 17.9 Å². The normalized spacial score (nSPS) is 23.2. The van der Waals surface area contributed by atoms with Crippen LogP contribution in [0.15, 0.2) is 0 Å². The van der Waals surface area contributed by atoms with Gasteiger partial charge in [0.05, 0.1) is 24.7 Å². The van der Waals surface area contributed by atoms with Crippen molar-refractivity contribution in [2.75, 3.05) is 24.7 Å². The second-order valence-electron chi connectivity index (χ2n) is 4.63. The van der Waals surface area contributed by atoms with Crippen molar-refractivity contribution in [3.63, 3.8) is 0 Å². The van der Waals surface area contributed by atoms with E-state index < -0.39 is 9.84 Å². The molecule has 100 valence electrons. The van der Waals surface area contributed by atoms with E-state index in [0.717, 1.165) is 0 Å². The molecule has 1 rings (SSSR count). The summed E-state index contributed by atoms with van der Waals surface area (Å²) in [5, 5.41) is 0. The summed E-state index contributed by atoms with van der Waals surface area (Å²) in [6.07, 6.45) is 0.611. The highest BCUT2D eigenvalue weighted by Crippen LogP contribution is 2.19. The first-order valence-electron chi connectivity index (χ1n) is 5.97. The van der Waals surface area contributed by atoms with E-state index in [1.165, 1.54) is 0 Å². The first kappa shape index (κ1) is 14.4. The Morgan fingerprint density at radius 3 is 2.53 bits per heavy atom. The lowest BCUT2D eigenvalue weighted by Gasteiger charge is -2.30. The molecule has 1 heterocycles. The Labute approximate surface area is 103 Å².